The number of nitrogens with one attached hydrogen (secondary N) is 2. The highest BCUT2D eigenvalue weighted by Crippen LogP contribution is 2.25. The average Bonchev–Trinajstić information content (AvgIpc) is 2.87. The zero-order chi connectivity index (χ0) is 25.7. The van der Waals surface area contributed by atoms with Gasteiger partial charge in [-0.05, 0) is 42.0 Å². The SMILES string of the molecule is CCC(=O)N1CCN(c2ccc(Nc3cc(NCc4cc(F)cc(F)c4)c(C(N)=O)cn3)cc2)CC1. The van der Waals surface area contributed by atoms with Crippen LogP contribution in [0.3, 0.4) is 0 Å². The van der Waals surface area contributed by atoms with E-state index in [4.69, 9.17) is 5.73 Å². The molecule has 1 aliphatic heterocycles. The van der Waals surface area contributed by atoms with Crippen molar-refractivity contribution < 1.29 is 18.4 Å². The van der Waals surface area contributed by atoms with Gasteiger partial charge in [-0.25, -0.2) is 13.8 Å². The van der Waals surface area contributed by atoms with Crippen molar-refractivity contribution in [3.63, 3.8) is 0 Å². The topological polar surface area (TPSA) is 104 Å². The van der Waals surface area contributed by atoms with Crippen LogP contribution in [0.5, 0.6) is 0 Å². The number of halogens is 2. The Morgan fingerprint density at radius 3 is 2.28 bits per heavy atom. The van der Waals surface area contributed by atoms with Crippen molar-refractivity contribution in [2.24, 2.45) is 5.73 Å². The molecule has 36 heavy (non-hydrogen) atoms. The number of primary amides is 1. The molecule has 1 aromatic heterocycles. The molecule has 1 aliphatic rings. The van der Waals surface area contributed by atoms with E-state index >= 15 is 0 Å². The molecule has 2 heterocycles. The number of benzene rings is 2. The van der Waals surface area contributed by atoms with Gasteiger partial charge in [0.15, 0.2) is 0 Å². The second kappa shape index (κ2) is 11.0. The van der Waals surface area contributed by atoms with Crippen LogP contribution in [0.1, 0.15) is 29.3 Å². The Morgan fingerprint density at radius 2 is 1.67 bits per heavy atom. The zero-order valence-corrected chi connectivity index (χ0v) is 19.9. The summed E-state index contributed by atoms with van der Waals surface area (Å²) in [6.07, 6.45) is 1.88. The smallest absolute Gasteiger partial charge is 0.252 e. The predicted molar refractivity (Wildman–Crippen MR) is 135 cm³/mol. The number of hydrogen-bond acceptors (Lipinski definition) is 6. The van der Waals surface area contributed by atoms with Crippen LogP contribution < -0.4 is 21.3 Å². The van der Waals surface area contributed by atoms with E-state index in [-0.39, 0.29) is 18.0 Å². The van der Waals surface area contributed by atoms with Crippen LogP contribution in [0.2, 0.25) is 0 Å². The van der Waals surface area contributed by atoms with Crippen LogP contribution >= 0.6 is 0 Å². The molecule has 8 nitrogen and oxygen atoms in total. The van der Waals surface area contributed by atoms with Crippen molar-refractivity contribution in [1.82, 2.24) is 9.88 Å². The van der Waals surface area contributed by atoms with E-state index in [2.05, 4.69) is 20.5 Å². The van der Waals surface area contributed by atoms with Crippen molar-refractivity contribution >= 4 is 34.7 Å². The largest absolute Gasteiger partial charge is 0.380 e. The number of carbonyl (C=O) groups excluding carboxylic acids is 2. The minimum Gasteiger partial charge on any atom is -0.380 e. The molecule has 0 aliphatic carbocycles. The maximum absolute atomic E-state index is 13.5. The van der Waals surface area contributed by atoms with Crippen molar-refractivity contribution in [2.45, 2.75) is 19.9 Å². The summed E-state index contributed by atoms with van der Waals surface area (Å²) in [6, 6.07) is 12.7. The zero-order valence-electron chi connectivity index (χ0n) is 19.9. The number of rotatable bonds is 8. The Balaban J connectivity index is 1.42. The number of piperazine rings is 1. The minimum atomic E-state index is -0.682. The van der Waals surface area contributed by atoms with E-state index < -0.39 is 17.5 Å². The molecule has 0 radical (unpaired) electrons. The molecule has 0 spiro atoms. The molecule has 4 N–H and O–H groups in total. The fourth-order valence-electron chi connectivity index (χ4n) is 4.12. The lowest BCUT2D eigenvalue weighted by molar-refractivity contribution is -0.131. The van der Waals surface area contributed by atoms with E-state index in [9.17, 15) is 18.4 Å². The summed E-state index contributed by atoms with van der Waals surface area (Å²) >= 11 is 0. The Labute approximate surface area is 208 Å². The molecule has 1 fully saturated rings. The van der Waals surface area contributed by atoms with Gasteiger partial charge in [0.2, 0.25) is 5.91 Å². The number of anilines is 4. The van der Waals surface area contributed by atoms with Gasteiger partial charge in [-0.1, -0.05) is 6.92 Å². The summed E-state index contributed by atoms with van der Waals surface area (Å²) in [7, 11) is 0. The fraction of sp³-hybridized carbons (Fsp3) is 0.269. The molecule has 0 atom stereocenters. The first-order valence-corrected chi connectivity index (χ1v) is 11.7. The maximum atomic E-state index is 13.5. The van der Waals surface area contributed by atoms with Crippen molar-refractivity contribution in [3.05, 3.63) is 77.5 Å². The monoisotopic (exact) mass is 494 g/mol. The predicted octanol–water partition coefficient (Wildman–Crippen LogP) is 3.87. The van der Waals surface area contributed by atoms with Gasteiger partial charge in [0.25, 0.3) is 5.91 Å². The highest BCUT2D eigenvalue weighted by Gasteiger charge is 2.20. The lowest BCUT2D eigenvalue weighted by atomic mass is 10.1. The summed E-state index contributed by atoms with van der Waals surface area (Å²) in [5.41, 5.74) is 8.25. The molecule has 2 amide bonds. The van der Waals surface area contributed by atoms with E-state index in [0.717, 1.165) is 30.5 Å². The van der Waals surface area contributed by atoms with Crippen LogP contribution in [0.4, 0.5) is 31.7 Å². The number of hydrogen-bond donors (Lipinski definition) is 3. The summed E-state index contributed by atoms with van der Waals surface area (Å²) in [6.45, 7) is 4.94. The average molecular weight is 495 g/mol. The summed E-state index contributed by atoms with van der Waals surface area (Å²) < 4.78 is 27.0. The van der Waals surface area contributed by atoms with Crippen LogP contribution in [0.15, 0.2) is 54.7 Å². The first-order valence-electron chi connectivity index (χ1n) is 11.7. The number of aromatic nitrogens is 1. The maximum Gasteiger partial charge on any atom is 0.252 e. The third-order valence-corrected chi connectivity index (χ3v) is 6.01. The first-order chi connectivity index (χ1) is 17.3. The third-order valence-electron chi connectivity index (χ3n) is 6.01. The van der Waals surface area contributed by atoms with Crippen LogP contribution in [-0.4, -0.2) is 47.9 Å². The van der Waals surface area contributed by atoms with E-state index in [1.165, 1.54) is 18.3 Å². The highest BCUT2D eigenvalue weighted by molar-refractivity contribution is 5.98. The molecule has 2 aromatic carbocycles. The first kappa shape index (κ1) is 24.9. The molecule has 0 bridgehead atoms. The molecular formula is C26H28F2N6O2. The lowest BCUT2D eigenvalue weighted by Crippen LogP contribution is -2.48. The number of amides is 2. The molecule has 0 unspecified atom stereocenters. The van der Waals surface area contributed by atoms with Crippen molar-refractivity contribution in [1.29, 1.82) is 0 Å². The van der Waals surface area contributed by atoms with Gasteiger partial charge in [-0.2, -0.15) is 0 Å². The van der Waals surface area contributed by atoms with Gasteiger partial charge in [0, 0.05) is 68.8 Å². The van der Waals surface area contributed by atoms with E-state index in [0.29, 0.717) is 36.6 Å². The number of pyridine rings is 1. The Hall–Kier alpha value is -4.21. The quantitative estimate of drug-likeness (QED) is 0.439. The standard InChI is InChI=1S/C26H28F2N6O2/c1-2-25(35)34-9-7-33(8-10-34)21-5-3-20(4-6-21)32-24-14-23(22(16-31-24)26(29)36)30-15-17-11-18(27)13-19(28)12-17/h3-6,11-14,16H,2,7-10,15H2,1H3,(H2,29,36)(H2,30,31,32). The number of carbonyl (C=O) groups is 2. The lowest BCUT2D eigenvalue weighted by Gasteiger charge is -2.36. The summed E-state index contributed by atoms with van der Waals surface area (Å²) in [5.74, 6) is -1.39. The Bertz CT molecular complexity index is 1220. The van der Waals surface area contributed by atoms with Crippen LogP contribution in [0, 0.1) is 11.6 Å². The van der Waals surface area contributed by atoms with Gasteiger partial charge in [0.1, 0.15) is 17.5 Å². The number of nitrogens with two attached hydrogens (primary N) is 1. The highest BCUT2D eigenvalue weighted by atomic mass is 19.1. The van der Waals surface area contributed by atoms with E-state index in [1.54, 1.807) is 6.07 Å². The summed E-state index contributed by atoms with van der Waals surface area (Å²) in [5, 5.41) is 6.20. The third kappa shape index (κ3) is 6.07. The number of nitrogens with zero attached hydrogens (tertiary/aromatic N) is 3. The molecule has 10 heteroatoms. The van der Waals surface area contributed by atoms with E-state index in [1.807, 2.05) is 36.1 Å². The summed E-state index contributed by atoms with van der Waals surface area (Å²) in [4.78, 5) is 32.1. The van der Waals surface area contributed by atoms with Gasteiger partial charge in [0.05, 0.1) is 11.3 Å². The molecular weight excluding hydrogens is 466 g/mol. The normalized spacial score (nSPS) is 13.4. The Kier molecular flexibility index (Phi) is 7.62. The second-order valence-corrected chi connectivity index (χ2v) is 8.50. The molecule has 4 rings (SSSR count). The molecule has 1 saturated heterocycles. The second-order valence-electron chi connectivity index (χ2n) is 8.50. The van der Waals surface area contributed by atoms with Crippen molar-refractivity contribution in [3.8, 4) is 0 Å². The van der Waals surface area contributed by atoms with Gasteiger partial charge >= 0.3 is 0 Å². The van der Waals surface area contributed by atoms with Crippen molar-refractivity contribution in [2.75, 3.05) is 41.7 Å². The fourth-order valence-corrected chi connectivity index (χ4v) is 4.12. The molecule has 188 valence electrons. The Morgan fingerprint density at radius 1 is 1.00 bits per heavy atom. The van der Waals surface area contributed by atoms with Crippen LogP contribution in [-0.2, 0) is 11.3 Å². The molecule has 3 aromatic rings. The van der Waals surface area contributed by atoms with Crippen LogP contribution in [0.25, 0.3) is 0 Å². The molecule has 0 saturated carbocycles. The van der Waals surface area contributed by atoms with Gasteiger partial charge < -0.3 is 26.2 Å². The minimum absolute atomic E-state index is 0.0875. The van der Waals surface area contributed by atoms with Gasteiger partial charge in [-0.15, -0.1) is 0 Å². The van der Waals surface area contributed by atoms with Gasteiger partial charge in [-0.3, -0.25) is 9.59 Å².